The Kier molecular flexibility index (Phi) is 3.48. The molecule has 2 aliphatic rings. The van der Waals surface area contributed by atoms with Crippen molar-refractivity contribution in [2.24, 2.45) is 5.73 Å². The smallest absolute Gasteiger partial charge is 0.250 e. The van der Waals surface area contributed by atoms with Crippen molar-refractivity contribution in [3.05, 3.63) is 41.5 Å². The zero-order valence-corrected chi connectivity index (χ0v) is 13.2. The van der Waals surface area contributed by atoms with E-state index in [1.54, 1.807) is 12.4 Å². The first-order valence-electron chi connectivity index (χ1n) is 8.15. The summed E-state index contributed by atoms with van der Waals surface area (Å²) in [7, 11) is 0. The Labute approximate surface area is 139 Å². The Morgan fingerprint density at radius 2 is 2.08 bits per heavy atom. The number of nitrogens with two attached hydrogens (primary N) is 1. The lowest BCUT2D eigenvalue weighted by atomic mass is 9.87. The average Bonchev–Trinajstić information content (AvgIpc) is 3.26. The molecule has 1 atom stereocenters. The molecule has 4 rings (SSSR count). The Bertz CT molecular complexity index is 794. The third-order valence-corrected chi connectivity index (χ3v) is 4.77. The molecular weight excluding hydrogens is 306 g/mol. The van der Waals surface area contributed by atoms with Gasteiger partial charge in [0.05, 0.1) is 17.2 Å². The molecule has 0 radical (unpaired) electrons. The summed E-state index contributed by atoms with van der Waals surface area (Å²) in [5, 5.41) is 2.92. The Morgan fingerprint density at radius 1 is 1.29 bits per heavy atom. The molecule has 124 valence electrons. The minimum Gasteiger partial charge on any atom is -0.371 e. The van der Waals surface area contributed by atoms with Gasteiger partial charge in [-0.1, -0.05) is 0 Å². The van der Waals surface area contributed by atoms with Crippen LogP contribution in [0.1, 0.15) is 46.9 Å². The van der Waals surface area contributed by atoms with Crippen LogP contribution in [-0.2, 0) is 4.79 Å². The van der Waals surface area contributed by atoms with E-state index in [9.17, 15) is 9.59 Å². The van der Waals surface area contributed by atoms with Crippen LogP contribution in [0, 0.1) is 0 Å². The molecule has 0 aliphatic carbocycles. The van der Waals surface area contributed by atoms with Crippen LogP contribution in [0.25, 0.3) is 0 Å². The van der Waals surface area contributed by atoms with E-state index in [0.29, 0.717) is 12.0 Å². The topological polar surface area (TPSA) is 104 Å². The third-order valence-electron chi connectivity index (χ3n) is 4.77. The number of rotatable bonds is 3. The van der Waals surface area contributed by atoms with Crippen molar-refractivity contribution in [3.63, 3.8) is 0 Å². The molecule has 0 saturated carbocycles. The normalized spacial score (nSPS) is 19.9. The molecule has 24 heavy (non-hydrogen) atoms. The number of fused-ring (bicyclic) bond motifs is 1. The second-order valence-electron chi connectivity index (χ2n) is 6.29. The number of hydrogen-bond donors (Lipinski definition) is 3. The van der Waals surface area contributed by atoms with E-state index in [4.69, 9.17) is 5.73 Å². The summed E-state index contributed by atoms with van der Waals surface area (Å²) in [6.07, 6.45) is 5.87. The van der Waals surface area contributed by atoms with Gasteiger partial charge < -0.3 is 20.9 Å². The number of benzene rings is 1. The summed E-state index contributed by atoms with van der Waals surface area (Å²) in [4.78, 5) is 33.6. The largest absolute Gasteiger partial charge is 0.371 e. The van der Waals surface area contributed by atoms with Crippen molar-refractivity contribution in [1.82, 2.24) is 9.97 Å². The maximum absolute atomic E-state index is 12.1. The monoisotopic (exact) mass is 325 g/mol. The Hall–Kier alpha value is -2.83. The van der Waals surface area contributed by atoms with Crippen molar-refractivity contribution in [2.45, 2.75) is 25.2 Å². The fourth-order valence-electron chi connectivity index (χ4n) is 3.63. The van der Waals surface area contributed by atoms with E-state index in [1.165, 1.54) is 0 Å². The van der Waals surface area contributed by atoms with Gasteiger partial charge in [-0.05, 0) is 30.5 Å². The highest BCUT2D eigenvalue weighted by Crippen LogP contribution is 2.40. The molecule has 2 amide bonds. The molecule has 0 spiro atoms. The first kappa shape index (κ1) is 14.7. The van der Waals surface area contributed by atoms with Gasteiger partial charge >= 0.3 is 0 Å². The second kappa shape index (κ2) is 5.67. The molecule has 2 aliphatic heterocycles. The third kappa shape index (κ3) is 2.42. The first-order chi connectivity index (χ1) is 11.6. The molecule has 4 N–H and O–H groups in total. The number of nitrogens with zero attached hydrogens (tertiary/aromatic N) is 2. The molecule has 1 aromatic heterocycles. The number of H-pyrrole nitrogens is 1. The number of anilines is 2. The molecule has 1 saturated heterocycles. The SMILES string of the molecule is NC(=O)c1cc2c(cc1N1CCCC1)NC(=O)C[C@@H]2c1ncc[nH]1. The maximum Gasteiger partial charge on any atom is 0.250 e. The molecule has 0 bridgehead atoms. The minimum atomic E-state index is -0.449. The van der Waals surface area contributed by atoms with Gasteiger partial charge in [-0.15, -0.1) is 0 Å². The number of carbonyl (C=O) groups excluding carboxylic acids is 2. The molecule has 2 aromatic rings. The fourth-order valence-corrected chi connectivity index (χ4v) is 3.63. The summed E-state index contributed by atoms with van der Waals surface area (Å²) < 4.78 is 0. The highest BCUT2D eigenvalue weighted by Gasteiger charge is 2.31. The van der Waals surface area contributed by atoms with Crippen molar-refractivity contribution in [2.75, 3.05) is 23.3 Å². The van der Waals surface area contributed by atoms with E-state index in [-0.39, 0.29) is 11.8 Å². The summed E-state index contributed by atoms with van der Waals surface area (Å²) in [5.41, 5.74) is 8.55. The van der Waals surface area contributed by atoms with Gasteiger partial charge in [0.2, 0.25) is 5.91 Å². The predicted molar refractivity (Wildman–Crippen MR) is 90.1 cm³/mol. The highest BCUT2D eigenvalue weighted by atomic mass is 16.2. The zero-order valence-electron chi connectivity index (χ0n) is 13.2. The molecule has 7 nitrogen and oxygen atoms in total. The van der Waals surface area contributed by atoms with E-state index >= 15 is 0 Å². The lowest BCUT2D eigenvalue weighted by Gasteiger charge is -2.28. The number of primary amides is 1. The van der Waals surface area contributed by atoms with Gasteiger partial charge in [0.1, 0.15) is 5.82 Å². The fraction of sp³-hybridized carbons (Fsp3) is 0.353. The van der Waals surface area contributed by atoms with Gasteiger partial charge in [0.25, 0.3) is 5.91 Å². The van der Waals surface area contributed by atoms with Crippen molar-refractivity contribution < 1.29 is 9.59 Å². The van der Waals surface area contributed by atoms with Gasteiger partial charge in [-0.25, -0.2) is 4.98 Å². The van der Waals surface area contributed by atoms with E-state index < -0.39 is 5.91 Å². The van der Waals surface area contributed by atoms with Crippen LogP contribution in [0.4, 0.5) is 11.4 Å². The molecule has 7 heteroatoms. The Balaban J connectivity index is 1.85. The molecular formula is C17H19N5O2. The van der Waals surface area contributed by atoms with Crippen LogP contribution in [0.3, 0.4) is 0 Å². The summed E-state index contributed by atoms with van der Waals surface area (Å²) in [5.74, 6) is 0.0165. The minimum absolute atomic E-state index is 0.0527. The van der Waals surface area contributed by atoms with E-state index in [1.807, 2.05) is 12.1 Å². The number of nitrogens with one attached hydrogen (secondary N) is 2. The van der Waals surface area contributed by atoms with Crippen molar-refractivity contribution in [3.8, 4) is 0 Å². The van der Waals surface area contributed by atoms with Crippen LogP contribution in [-0.4, -0.2) is 34.9 Å². The Morgan fingerprint density at radius 3 is 2.75 bits per heavy atom. The van der Waals surface area contributed by atoms with Gasteiger partial charge in [-0.2, -0.15) is 0 Å². The van der Waals surface area contributed by atoms with Crippen molar-refractivity contribution in [1.29, 1.82) is 0 Å². The number of amides is 2. The standard InChI is InChI=1S/C17H19N5O2/c18-16(24)12-7-10-11(17-19-3-4-20-17)8-15(23)21-13(10)9-14(12)22-5-1-2-6-22/h3-4,7,9,11H,1-2,5-6,8H2,(H2,18,24)(H,19,20)(H,21,23)/t11-/m0/s1. The van der Waals surface area contributed by atoms with Gasteiger partial charge in [-0.3, -0.25) is 9.59 Å². The number of aromatic nitrogens is 2. The summed E-state index contributed by atoms with van der Waals surface area (Å²) in [6, 6.07) is 3.70. The van der Waals surface area contributed by atoms with Crippen LogP contribution in [0.2, 0.25) is 0 Å². The number of aromatic amines is 1. The lowest BCUT2D eigenvalue weighted by Crippen LogP contribution is -2.28. The summed E-state index contributed by atoms with van der Waals surface area (Å²) >= 11 is 0. The number of imidazole rings is 1. The molecule has 0 unspecified atom stereocenters. The lowest BCUT2D eigenvalue weighted by molar-refractivity contribution is -0.116. The predicted octanol–water partition coefficient (Wildman–Crippen LogP) is 1.58. The molecule has 1 aromatic carbocycles. The summed E-state index contributed by atoms with van der Waals surface area (Å²) in [6.45, 7) is 1.79. The van der Waals surface area contributed by atoms with Crippen LogP contribution in [0.5, 0.6) is 0 Å². The quantitative estimate of drug-likeness (QED) is 0.797. The van der Waals surface area contributed by atoms with Crippen molar-refractivity contribution >= 4 is 23.2 Å². The molecule has 1 fully saturated rings. The highest BCUT2D eigenvalue weighted by molar-refractivity contribution is 6.02. The number of hydrogen-bond acceptors (Lipinski definition) is 4. The first-order valence-corrected chi connectivity index (χ1v) is 8.15. The van der Waals surface area contributed by atoms with Gasteiger partial charge in [0.15, 0.2) is 0 Å². The zero-order chi connectivity index (χ0) is 16.7. The van der Waals surface area contributed by atoms with Crippen LogP contribution >= 0.6 is 0 Å². The maximum atomic E-state index is 12.1. The average molecular weight is 325 g/mol. The van der Waals surface area contributed by atoms with Crippen LogP contribution < -0.4 is 16.0 Å². The second-order valence-corrected chi connectivity index (χ2v) is 6.29. The number of carbonyl (C=O) groups is 2. The van der Waals surface area contributed by atoms with E-state index in [2.05, 4.69) is 20.2 Å². The van der Waals surface area contributed by atoms with Crippen LogP contribution in [0.15, 0.2) is 24.5 Å². The van der Waals surface area contributed by atoms with E-state index in [0.717, 1.165) is 48.7 Å². The van der Waals surface area contributed by atoms with Gasteiger partial charge in [0, 0.05) is 37.6 Å². The molecule has 3 heterocycles.